The molecule has 0 spiro atoms. The number of benzene rings is 2. The Morgan fingerprint density at radius 2 is 1.65 bits per heavy atom. The quantitative estimate of drug-likeness (QED) is 0.368. The minimum atomic E-state index is -0.460. The monoisotopic (exact) mass is 314 g/mol. The molecule has 0 atom stereocenters. The molecule has 0 unspecified atom stereocenters. The van der Waals surface area contributed by atoms with Gasteiger partial charge < -0.3 is 9.57 Å². The van der Waals surface area contributed by atoms with Crippen molar-refractivity contribution < 1.29 is 14.5 Å². The van der Waals surface area contributed by atoms with Gasteiger partial charge in [-0.1, -0.05) is 18.2 Å². The molecule has 0 bridgehead atoms. The number of hydrogen-bond donors (Lipinski definition) is 0. The van der Waals surface area contributed by atoms with E-state index in [9.17, 15) is 10.1 Å². The lowest BCUT2D eigenvalue weighted by Gasteiger charge is -2.17. The molecule has 0 radical (unpaired) electrons. The molecule has 2 rings (SSSR count). The van der Waals surface area contributed by atoms with E-state index in [1.165, 1.54) is 24.3 Å². The number of ether oxygens (including phenoxy) is 1. The fraction of sp³-hybridized carbons (Fsp3) is 0.235. The number of nitrogens with zero attached hydrogens (tertiary/aromatic N) is 2. The number of nitro benzene ring substituents is 1. The van der Waals surface area contributed by atoms with E-state index in [2.05, 4.69) is 5.16 Å². The Labute approximate surface area is 134 Å². The smallest absolute Gasteiger partial charge is 0.269 e. The first-order valence-electron chi connectivity index (χ1n) is 7.09. The molecular weight excluding hydrogens is 296 g/mol. The van der Waals surface area contributed by atoms with Crippen LogP contribution < -0.4 is 4.74 Å². The molecular formula is C17H18N2O4. The minimum Gasteiger partial charge on any atom is -0.436 e. The molecule has 2 aromatic carbocycles. The second-order valence-electron chi connectivity index (χ2n) is 5.82. The van der Waals surface area contributed by atoms with Crippen LogP contribution in [0.25, 0.3) is 0 Å². The van der Waals surface area contributed by atoms with Crippen molar-refractivity contribution in [2.45, 2.75) is 26.4 Å². The highest BCUT2D eigenvalue weighted by Crippen LogP contribution is 2.19. The van der Waals surface area contributed by atoms with E-state index in [4.69, 9.17) is 9.57 Å². The third-order valence-electron chi connectivity index (χ3n) is 2.69. The van der Waals surface area contributed by atoms with Crippen LogP contribution in [0.3, 0.4) is 0 Å². The van der Waals surface area contributed by atoms with Gasteiger partial charge in [0.25, 0.3) is 11.6 Å². The summed E-state index contributed by atoms with van der Waals surface area (Å²) in [6, 6.07) is 15.1. The predicted molar refractivity (Wildman–Crippen MR) is 87.5 cm³/mol. The Bertz CT molecular complexity index is 689. The Morgan fingerprint density at radius 1 is 1.04 bits per heavy atom. The van der Waals surface area contributed by atoms with E-state index >= 15 is 0 Å². The molecule has 6 heteroatoms. The van der Waals surface area contributed by atoms with E-state index in [1.807, 2.05) is 51.1 Å². The van der Waals surface area contributed by atoms with Crippen molar-refractivity contribution in [1.82, 2.24) is 0 Å². The SMILES string of the molecule is CC(C)(C)O/N=C(/Oc1ccc([N+](=O)[O-])cc1)c1ccccc1. The Balaban J connectivity index is 2.25. The second-order valence-corrected chi connectivity index (χ2v) is 5.82. The summed E-state index contributed by atoms with van der Waals surface area (Å²) in [4.78, 5) is 15.7. The molecule has 0 saturated carbocycles. The van der Waals surface area contributed by atoms with Crippen LogP contribution in [0.5, 0.6) is 5.75 Å². The van der Waals surface area contributed by atoms with Crippen molar-refractivity contribution in [2.75, 3.05) is 0 Å². The zero-order valence-electron chi connectivity index (χ0n) is 13.2. The fourth-order valence-electron chi connectivity index (χ4n) is 1.64. The van der Waals surface area contributed by atoms with Gasteiger partial charge in [0.2, 0.25) is 0 Å². The maximum atomic E-state index is 10.7. The van der Waals surface area contributed by atoms with Crippen LogP contribution in [0.15, 0.2) is 59.8 Å². The Morgan fingerprint density at radius 3 is 2.17 bits per heavy atom. The van der Waals surface area contributed by atoms with Crippen molar-refractivity contribution in [2.24, 2.45) is 5.16 Å². The van der Waals surface area contributed by atoms with Gasteiger partial charge in [0.1, 0.15) is 11.4 Å². The van der Waals surface area contributed by atoms with Gasteiger partial charge in [-0.25, -0.2) is 0 Å². The molecule has 0 amide bonds. The molecule has 23 heavy (non-hydrogen) atoms. The van der Waals surface area contributed by atoms with Gasteiger partial charge in [-0.05, 0) is 50.2 Å². The molecule has 0 N–H and O–H groups in total. The first kappa shape index (κ1) is 16.5. The molecule has 0 heterocycles. The summed E-state index contributed by atoms with van der Waals surface area (Å²) in [5.41, 5.74) is 0.287. The molecule has 0 aliphatic carbocycles. The summed E-state index contributed by atoms with van der Waals surface area (Å²) >= 11 is 0. The maximum absolute atomic E-state index is 10.7. The summed E-state index contributed by atoms with van der Waals surface area (Å²) < 4.78 is 5.73. The predicted octanol–water partition coefficient (Wildman–Crippen LogP) is 4.15. The van der Waals surface area contributed by atoms with E-state index in [-0.39, 0.29) is 11.6 Å². The maximum Gasteiger partial charge on any atom is 0.269 e. The Hall–Kier alpha value is -2.89. The van der Waals surface area contributed by atoms with Crippen molar-refractivity contribution in [3.63, 3.8) is 0 Å². The number of non-ortho nitro benzene ring substituents is 1. The molecule has 0 aromatic heterocycles. The van der Waals surface area contributed by atoms with Crippen LogP contribution in [0.1, 0.15) is 26.3 Å². The normalized spacial score (nSPS) is 11.9. The van der Waals surface area contributed by atoms with Crippen molar-refractivity contribution in [1.29, 1.82) is 0 Å². The highest BCUT2D eigenvalue weighted by molar-refractivity contribution is 5.95. The Kier molecular flexibility index (Phi) is 4.95. The van der Waals surface area contributed by atoms with Crippen LogP contribution in [-0.4, -0.2) is 16.4 Å². The lowest BCUT2D eigenvalue weighted by molar-refractivity contribution is -0.384. The van der Waals surface area contributed by atoms with Gasteiger partial charge in [0.15, 0.2) is 0 Å². The summed E-state index contributed by atoms with van der Waals surface area (Å²) in [5.74, 6) is 0.727. The summed E-state index contributed by atoms with van der Waals surface area (Å²) in [6.07, 6.45) is 0. The van der Waals surface area contributed by atoms with E-state index < -0.39 is 10.5 Å². The number of rotatable bonds is 4. The lowest BCUT2D eigenvalue weighted by Crippen LogP contribution is -2.19. The number of nitro groups is 1. The molecule has 0 aliphatic rings. The largest absolute Gasteiger partial charge is 0.436 e. The first-order chi connectivity index (χ1) is 10.8. The zero-order chi connectivity index (χ0) is 16.9. The van der Waals surface area contributed by atoms with Gasteiger partial charge in [-0.3, -0.25) is 10.1 Å². The van der Waals surface area contributed by atoms with Crippen molar-refractivity contribution in [3.05, 3.63) is 70.3 Å². The summed E-state index contributed by atoms with van der Waals surface area (Å²) in [6.45, 7) is 5.64. The van der Waals surface area contributed by atoms with Crippen LogP contribution in [0.2, 0.25) is 0 Å². The van der Waals surface area contributed by atoms with E-state index in [0.29, 0.717) is 5.75 Å². The number of oxime groups is 1. The topological polar surface area (TPSA) is 74.0 Å². The average Bonchev–Trinajstić information content (AvgIpc) is 2.52. The van der Waals surface area contributed by atoms with Gasteiger partial charge in [0.05, 0.1) is 4.92 Å². The molecule has 6 nitrogen and oxygen atoms in total. The molecule has 2 aromatic rings. The number of hydrogen-bond acceptors (Lipinski definition) is 5. The van der Waals surface area contributed by atoms with E-state index in [0.717, 1.165) is 5.56 Å². The fourth-order valence-corrected chi connectivity index (χ4v) is 1.64. The molecule has 0 aliphatic heterocycles. The van der Waals surface area contributed by atoms with Gasteiger partial charge in [-0.2, -0.15) is 0 Å². The minimum absolute atomic E-state index is 0.00138. The van der Waals surface area contributed by atoms with Gasteiger partial charge in [-0.15, -0.1) is 0 Å². The highest BCUT2D eigenvalue weighted by Gasteiger charge is 2.14. The molecule has 0 fully saturated rings. The third kappa shape index (κ3) is 5.10. The highest BCUT2D eigenvalue weighted by atomic mass is 16.7. The molecule has 0 saturated heterocycles. The van der Waals surface area contributed by atoms with Crippen LogP contribution >= 0.6 is 0 Å². The zero-order valence-corrected chi connectivity index (χ0v) is 13.2. The van der Waals surface area contributed by atoms with E-state index in [1.54, 1.807) is 0 Å². The van der Waals surface area contributed by atoms with Gasteiger partial charge in [0, 0.05) is 17.7 Å². The van der Waals surface area contributed by atoms with Crippen molar-refractivity contribution in [3.8, 4) is 5.75 Å². The first-order valence-corrected chi connectivity index (χ1v) is 7.09. The summed E-state index contributed by atoms with van der Waals surface area (Å²) in [7, 11) is 0. The lowest BCUT2D eigenvalue weighted by atomic mass is 10.2. The second kappa shape index (κ2) is 6.91. The average molecular weight is 314 g/mol. The van der Waals surface area contributed by atoms with Crippen LogP contribution in [0, 0.1) is 10.1 Å². The summed E-state index contributed by atoms with van der Waals surface area (Å²) in [5, 5.41) is 14.8. The van der Waals surface area contributed by atoms with Crippen molar-refractivity contribution >= 4 is 11.6 Å². The molecule has 120 valence electrons. The standard InChI is InChI=1S/C17H18N2O4/c1-17(2,3)23-18-16(13-7-5-4-6-8-13)22-15-11-9-14(10-12-15)19(20)21/h4-12H,1-3H3/b18-16+. The van der Waals surface area contributed by atoms with Crippen LogP contribution in [0.4, 0.5) is 5.69 Å². The van der Waals surface area contributed by atoms with Gasteiger partial charge >= 0.3 is 0 Å². The van der Waals surface area contributed by atoms with Crippen LogP contribution in [-0.2, 0) is 4.84 Å². The third-order valence-corrected chi connectivity index (χ3v) is 2.69.